The second kappa shape index (κ2) is 10.7. The fourth-order valence-corrected chi connectivity index (χ4v) is 5.65. The molecule has 0 aliphatic carbocycles. The molecule has 2 aromatic carbocycles. The lowest BCUT2D eigenvalue weighted by atomic mass is 9.87. The number of aryl methyl sites for hydroxylation is 1. The van der Waals surface area contributed by atoms with E-state index >= 15 is 0 Å². The van der Waals surface area contributed by atoms with Crippen molar-refractivity contribution < 1.29 is 14.3 Å². The predicted octanol–water partition coefficient (Wildman–Crippen LogP) is 4.20. The molecule has 3 aromatic rings. The van der Waals surface area contributed by atoms with Gasteiger partial charge in [0.2, 0.25) is 11.8 Å². The average Bonchev–Trinajstić information content (AvgIpc) is 2.94. The summed E-state index contributed by atoms with van der Waals surface area (Å²) in [4.78, 5) is 34.2. The van der Waals surface area contributed by atoms with Crippen LogP contribution in [0.1, 0.15) is 48.1 Å². The van der Waals surface area contributed by atoms with Gasteiger partial charge in [-0.25, -0.2) is 0 Å². The van der Waals surface area contributed by atoms with Crippen molar-refractivity contribution in [2.45, 2.75) is 50.7 Å². The van der Waals surface area contributed by atoms with Gasteiger partial charge in [0.25, 0.3) is 0 Å². The molecular weight excluding hydrogens is 464 g/mol. The number of rotatable bonds is 7. The van der Waals surface area contributed by atoms with E-state index in [0.29, 0.717) is 25.9 Å². The molecule has 1 aromatic heterocycles. The monoisotopic (exact) mass is 498 g/mol. The quantitative estimate of drug-likeness (QED) is 0.529. The van der Waals surface area contributed by atoms with Crippen molar-refractivity contribution in [1.29, 1.82) is 0 Å². The van der Waals surface area contributed by atoms with Crippen molar-refractivity contribution in [2.75, 3.05) is 25.6 Å². The number of pyridine rings is 1. The zero-order valence-corrected chi connectivity index (χ0v) is 21.6. The third-order valence-corrected chi connectivity index (χ3v) is 7.64. The first-order valence-electron chi connectivity index (χ1n) is 13.0. The highest BCUT2D eigenvalue weighted by molar-refractivity contribution is 5.96. The van der Waals surface area contributed by atoms with Crippen LogP contribution in [0.4, 0.5) is 5.69 Å². The summed E-state index contributed by atoms with van der Waals surface area (Å²) in [6.45, 7) is 1.16. The Balaban J connectivity index is 1.49. The number of carbonyl (C=O) groups is 2. The van der Waals surface area contributed by atoms with E-state index < -0.39 is 5.66 Å². The molecule has 2 aliphatic heterocycles. The number of hydrogen-bond donors (Lipinski definition) is 1. The van der Waals surface area contributed by atoms with Crippen molar-refractivity contribution in [1.82, 2.24) is 15.2 Å². The molecule has 5 rings (SSSR count). The van der Waals surface area contributed by atoms with Gasteiger partial charge in [-0.2, -0.15) is 0 Å². The molecule has 7 nitrogen and oxygen atoms in total. The molecule has 1 N–H and O–H groups in total. The van der Waals surface area contributed by atoms with Crippen molar-refractivity contribution in [3.63, 3.8) is 0 Å². The maximum absolute atomic E-state index is 13.7. The van der Waals surface area contributed by atoms with Crippen LogP contribution in [-0.4, -0.2) is 42.4 Å². The maximum Gasteiger partial charge on any atom is 0.230 e. The largest absolute Gasteiger partial charge is 0.496 e. The molecule has 192 valence electrons. The summed E-state index contributed by atoms with van der Waals surface area (Å²) in [5.74, 6) is 0.966. The third kappa shape index (κ3) is 4.96. The Morgan fingerprint density at radius 3 is 2.65 bits per heavy atom. The lowest BCUT2D eigenvalue weighted by molar-refractivity contribution is -0.142. The molecule has 37 heavy (non-hydrogen) atoms. The van der Waals surface area contributed by atoms with Crippen LogP contribution in [0.15, 0.2) is 66.9 Å². The predicted molar refractivity (Wildman–Crippen MR) is 143 cm³/mol. The Morgan fingerprint density at radius 2 is 1.89 bits per heavy atom. The van der Waals surface area contributed by atoms with Crippen LogP contribution in [0.3, 0.4) is 0 Å². The van der Waals surface area contributed by atoms with Crippen molar-refractivity contribution >= 4 is 17.5 Å². The van der Waals surface area contributed by atoms with Gasteiger partial charge in [0.1, 0.15) is 11.4 Å². The SMILES string of the molecule is COc1cc2c(cc1CNC1(c3ccccc3)CCCCN1C(=O)Cc1ccccn1)N(C)C(=O)CC2. The maximum atomic E-state index is 13.7. The molecule has 2 aliphatic rings. The van der Waals surface area contributed by atoms with Gasteiger partial charge < -0.3 is 14.5 Å². The number of aromatic nitrogens is 1. The summed E-state index contributed by atoms with van der Waals surface area (Å²) in [5, 5.41) is 3.79. The molecule has 3 heterocycles. The Morgan fingerprint density at radius 1 is 1.08 bits per heavy atom. The normalized spacial score (nSPS) is 19.5. The van der Waals surface area contributed by atoms with Gasteiger partial charge in [0, 0.05) is 49.7 Å². The number of amides is 2. The van der Waals surface area contributed by atoms with Crippen molar-refractivity contribution in [3.8, 4) is 5.75 Å². The topological polar surface area (TPSA) is 74.8 Å². The molecule has 0 radical (unpaired) electrons. The van der Waals surface area contributed by atoms with Crippen molar-refractivity contribution in [3.05, 3.63) is 89.2 Å². The molecule has 0 bridgehead atoms. The molecule has 1 saturated heterocycles. The lowest BCUT2D eigenvalue weighted by Gasteiger charge is -2.48. The number of carbonyl (C=O) groups excluding carboxylic acids is 2. The lowest BCUT2D eigenvalue weighted by Crippen LogP contribution is -2.60. The number of hydrogen-bond acceptors (Lipinski definition) is 5. The number of ether oxygens (including phenoxy) is 1. The van der Waals surface area contributed by atoms with Crippen LogP contribution < -0.4 is 15.0 Å². The Hall–Kier alpha value is -3.71. The molecule has 1 fully saturated rings. The minimum Gasteiger partial charge on any atom is -0.496 e. The van der Waals surface area contributed by atoms with Crippen LogP contribution in [0, 0.1) is 0 Å². The van der Waals surface area contributed by atoms with E-state index in [9.17, 15) is 9.59 Å². The zero-order chi connectivity index (χ0) is 25.8. The number of nitrogens with one attached hydrogen (secondary N) is 1. The third-order valence-electron chi connectivity index (χ3n) is 7.64. The number of fused-ring (bicyclic) bond motifs is 1. The Bertz CT molecular complexity index is 1260. The molecule has 1 unspecified atom stereocenters. The summed E-state index contributed by atoms with van der Waals surface area (Å²) in [6.07, 6.45) is 5.97. The van der Waals surface area contributed by atoms with Crippen LogP contribution >= 0.6 is 0 Å². The smallest absolute Gasteiger partial charge is 0.230 e. The fraction of sp³-hybridized carbons (Fsp3) is 0.367. The van der Waals surface area contributed by atoms with E-state index in [4.69, 9.17) is 4.74 Å². The van der Waals surface area contributed by atoms with Gasteiger partial charge >= 0.3 is 0 Å². The van der Waals surface area contributed by atoms with Crippen molar-refractivity contribution in [2.24, 2.45) is 0 Å². The van der Waals surface area contributed by atoms with Gasteiger partial charge in [0.15, 0.2) is 0 Å². The second-order valence-electron chi connectivity index (χ2n) is 9.83. The van der Waals surface area contributed by atoms with E-state index in [0.717, 1.165) is 53.1 Å². The first-order chi connectivity index (χ1) is 18.0. The Labute approximate surface area is 218 Å². The second-order valence-corrected chi connectivity index (χ2v) is 9.83. The number of benzene rings is 2. The number of anilines is 1. The summed E-state index contributed by atoms with van der Waals surface area (Å²) in [5.41, 5.74) is 4.17. The highest BCUT2D eigenvalue weighted by atomic mass is 16.5. The number of nitrogens with zero attached hydrogens (tertiary/aromatic N) is 3. The standard InChI is InChI=1S/C30H34N4O3/c1-33-26-18-23(27(37-2)19-22(26)13-14-28(33)35)21-32-30(24-10-4-3-5-11-24)15-7-9-17-34(30)29(36)20-25-12-6-8-16-31-25/h3-6,8,10-12,16,18-19,32H,7,9,13-15,17,20-21H2,1-2H3. The molecule has 7 heteroatoms. The molecular formula is C30H34N4O3. The summed E-state index contributed by atoms with van der Waals surface area (Å²) >= 11 is 0. The molecule has 2 amide bonds. The summed E-state index contributed by atoms with van der Waals surface area (Å²) in [7, 11) is 3.51. The molecule has 0 spiro atoms. The van der Waals surface area contributed by atoms with E-state index in [2.05, 4.69) is 34.6 Å². The van der Waals surface area contributed by atoms with Crippen LogP contribution in [0.25, 0.3) is 0 Å². The fourth-order valence-electron chi connectivity index (χ4n) is 5.65. The number of piperidine rings is 1. The average molecular weight is 499 g/mol. The molecule has 1 atom stereocenters. The van der Waals surface area contributed by atoms with E-state index in [1.807, 2.05) is 48.3 Å². The van der Waals surface area contributed by atoms with Crippen LogP contribution in [-0.2, 0) is 34.6 Å². The summed E-state index contributed by atoms with van der Waals surface area (Å²) in [6, 6.07) is 20.0. The number of methoxy groups -OCH3 is 1. The first kappa shape index (κ1) is 25.0. The highest BCUT2D eigenvalue weighted by Crippen LogP contribution is 2.38. The van der Waals surface area contributed by atoms with Gasteiger partial charge in [-0.15, -0.1) is 0 Å². The highest BCUT2D eigenvalue weighted by Gasteiger charge is 2.42. The Kier molecular flexibility index (Phi) is 7.24. The van der Waals surface area contributed by atoms with Crippen LogP contribution in [0.5, 0.6) is 5.75 Å². The van der Waals surface area contributed by atoms with Crippen LogP contribution in [0.2, 0.25) is 0 Å². The first-order valence-corrected chi connectivity index (χ1v) is 13.0. The zero-order valence-electron chi connectivity index (χ0n) is 21.6. The minimum absolute atomic E-state index is 0.0532. The molecule has 0 saturated carbocycles. The van der Waals surface area contributed by atoms with Gasteiger partial charge in [-0.05, 0) is 61.1 Å². The minimum atomic E-state index is -0.659. The van der Waals surface area contributed by atoms with E-state index in [-0.39, 0.29) is 18.2 Å². The summed E-state index contributed by atoms with van der Waals surface area (Å²) < 4.78 is 5.77. The van der Waals surface area contributed by atoms with Gasteiger partial charge in [0.05, 0.1) is 13.5 Å². The van der Waals surface area contributed by atoms with E-state index in [1.165, 1.54) is 0 Å². The van der Waals surface area contributed by atoms with Gasteiger partial charge in [-0.3, -0.25) is 19.9 Å². The number of likely N-dealkylation sites (tertiary alicyclic amines) is 1. The van der Waals surface area contributed by atoms with E-state index in [1.54, 1.807) is 18.2 Å². The van der Waals surface area contributed by atoms with Gasteiger partial charge in [-0.1, -0.05) is 36.4 Å².